The van der Waals surface area contributed by atoms with E-state index >= 15 is 0 Å². The average molecular weight is 569 g/mol. The van der Waals surface area contributed by atoms with Crippen LogP contribution in [0.25, 0.3) is 0 Å². The number of aromatic nitrogens is 1. The Hall–Kier alpha value is -3.52. The van der Waals surface area contributed by atoms with Gasteiger partial charge in [0.2, 0.25) is 0 Å². The molecule has 2 aromatic carbocycles. The van der Waals surface area contributed by atoms with Crippen LogP contribution in [0.2, 0.25) is 0 Å². The zero-order valence-electron chi connectivity index (χ0n) is 23.3. The third-order valence-electron chi connectivity index (χ3n) is 9.55. The molecule has 0 atom stereocenters. The molecule has 4 aliphatic rings. The largest absolute Gasteiger partial charge is 0.371 e. The van der Waals surface area contributed by atoms with Crippen LogP contribution < -0.4 is 4.90 Å². The SMILES string of the molecule is O=C(c1ccc2c(c1)/C(=N/S(=O)(=O)c1ccccc1C1CC1)CCC2)N1CCC2(CCN(c3ccncc3)CC2)C1. The second kappa shape index (κ2) is 10.4. The Morgan fingerprint density at radius 3 is 2.46 bits per heavy atom. The Kier molecular flexibility index (Phi) is 6.69. The lowest BCUT2D eigenvalue weighted by atomic mass is 9.77. The van der Waals surface area contributed by atoms with Crippen molar-refractivity contribution in [2.45, 2.75) is 62.2 Å². The lowest BCUT2D eigenvalue weighted by molar-refractivity contribution is 0.0764. The van der Waals surface area contributed by atoms with Gasteiger partial charge in [-0.1, -0.05) is 24.3 Å². The maximum absolute atomic E-state index is 13.7. The smallest absolute Gasteiger partial charge is 0.282 e. The molecule has 2 aliphatic heterocycles. The molecule has 0 radical (unpaired) electrons. The fraction of sp³-hybridized carbons (Fsp3) is 0.424. The Morgan fingerprint density at radius 2 is 1.68 bits per heavy atom. The highest BCUT2D eigenvalue weighted by Crippen LogP contribution is 2.44. The van der Waals surface area contributed by atoms with Crippen LogP contribution in [0.4, 0.5) is 5.69 Å². The molecule has 3 heterocycles. The Bertz CT molecular complexity index is 1610. The number of anilines is 1. The molecule has 2 saturated heterocycles. The Labute approximate surface area is 242 Å². The predicted molar refractivity (Wildman–Crippen MR) is 160 cm³/mol. The van der Waals surface area contributed by atoms with Crippen molar-refractivity contribution in [3.63, 3.8) is 0 Å². The zero-order valence-corrected chi connectivity index (χ0v) is 24.2. The van der Waals surface area contributed by atoms with E-state index in [0.29, 0.717) is 28.5 Å². The normalized spacial score (nSPS) is 21.3. The van der Waals surface area contributed by atoms with Crippen LogP contribution in [0.5, 0.6) is 0 Å². The van der Waals surface area contributed by atoms with E-state index in [9.17, 15) is 13.2 Å². The van der Waals surface area contributed by atoms with Crippen LogP contribution >= 0.6 is 0 Å². The molecule has 3 aromatic rings. The van der Waals surface area contributed by atoms with E-state index in [2.05, 4.69) is 26.4 Å². The van der Waals surface area contributed by atoms with Crippen molar-refractivity contribution < 1.29 is 13.2 Å². The summed E-state index contributed by atoms with van der Waals surface area (Å²) in [5.41, 5.74) is 5.35. The van der Waals surface area contributed by atoms with Gasteiger partial charge in [-0.05, 0) is 104 Å². The first-order valence-corrected chi connectivity index (χ1v) is 16.4. The number of piperidine rings is 1. The standard InChI is InChI=1S/C33H36N4O3S/c38-32(37-21-16-33(23-37)14-19-36(20-15-33)27-12-17-34-18-13-27)26-11-10-24-4-3-6-30(29(24)22-26)35-41(39,40)31-7-2-1-5-28(31)25-8-9-25/h1-2,5,7,10-13,17-18,22,25H,3-4,6,8-9,14-16,19-21,23H2/b35-30+. The molecule has 41 heavy (non-hydrogen) atoms. The molecule has 0 bridgehead atoms. The minimum absolute atomic E-state index is 0.0353. The molecule has 1 spiro atoms. The first kappa shape index (κ1) is 26.4. The summed E-state index contributed by atoms with van der Waals surface area (Å²) < 4.78 is 31.4. The molecular weight excluding hydrogens is 532 g/mol. The van der Waals surface area contributed by atoms with Gasteiger partial charge in [-0.2, -0.15) is 12.8 Å². The van der Waals surface area contributed by atoms with Crippen LogP contribution in [0.3, 0.4) is 0 Å². The number of pyridine rings is 1. The van der Waals surface area contributed by atoms with Gasteiger partial charge >= 0.3 is 0 Å². The number of rotatable bonds is 5. The van der Waals surface area contributed by atoms with Gasteiger partial charge in [0.05, 0.1) is 10.6 Å². The van der Waals surface area contributed by atoms with Gasteiger partial charge in [-0.3, -0.25) is 9.78 Å². The van der Waals surface area contributed by atoms with E-state index in [1.165, 1.54) is 5.69 Å². The van der Waals surface area contributed by atoms with E-state index in [0.717, 1.165) is 87.8 Å². The topological polar surface area (TPSA) is 82.9 Å². The zero-order chi connectivity index (χ0) is 28.0. The summed E-state index contributed by atoms with van der Waals surface area (Å²) in [5.74, 6) is 0.351. The van der Waals surface area contributed by atoms with Gasteiger partial charge in [-0.25, -0.2) is 0 Å². The first-order valence-electron chi connectivity index (χ1n) is 14.9. The molecule has 1 saturated carbocycles. The fourth-order valence-corrected chi connectivity index (χ4v) is 8.37. The number of likely N-dealkylation sites (tertiary alicyclic amines) is 1. The second-order valence-electron chi connectivity index (χ2n) is 12.2. The van der Waals surface area contributed by atoms with Gasteiger partial charge < -0.3 is 9.80 Å². The summed E-state index contributed by atoms with van der Waals surface area (Å²) in [6.07, 6.45) is 11.2. The van der Waals surface area contributed by atoms with Crippen molar-refractivity contribution in [2.24, 2.45) is 9.81 Å². The molecule has 1 aromatic heterocycles. The molecule has 1 amide bonds. The highest BCUT2D eigenvalue weighted by molar-refractivity contribution is 7.90. The van der Waals surface area contributed by atoms with Crippen LogP contribution in [0, 0.1) is 5.41 Å². The summed E-state index contributed by atoms with van der Waals surface area (Å²) in [5, 5.41) is 0. The van der Waals surface area contributed by atoms with Gasteiger partial charge in [0.1, 0.15) is 0 Å². The lowest BCUT2D eigenvalue weighted by Crippen LogP contribution is -2.42. The molecular formula is C33H36N4O3S. The summed E-state index contributed by atoms with van der Waals surface area (Å²) >= 11 is 0. The number of benzene rings is 2. The monoisotopic (exact) mass is 568 g/mol. The van der Waals surface area contributed by atoms with Crippen molar-refractivity contribution in [3.8, 4) is 0 Å². The van der Waals surface area contributed by atoms with Crippen molar-refractivity contribution in [3.05, 3.63) is 89.2 Å². The number of amides is 1. The van der Waals surface area contributed by atoms with Crippen LogP contribution in [-0.2, 0) is 16.4 Å². The summed E-state index contributed by atoms with van der Waals surface area (Å²) in [4.78, 5) is 22.6. The van der Waals surface area contributed by atoms with Crippen LogP contribution in [-0.4, -0.2) is 56.1 Å². The summed E-state index contributed by atoms with van der Waals surface area (Å²) in [6, 6.07) is 17.2. The van der Waals surface area contributed by atoms with Gasteiger partial charge in [-0.15, -0.1) is 0 Å². The summed E-state index contributed by atoms with van der Waals surface area (Å²) in [7, 11) is -3.85. The maximum Gasteiger partial charge on any atom is 0.282 e. The molecule has 7 nitrogen and oxygen atoms in total. The number of nitrogens with zero attached hydrogens (tertiary/aromatic N) is 4. The minimum Gasteiger partial charge on any atom is -0.371 e. The number of carbonyl (C=O) groups is 1. The molecule has 8 heteroatoms. The van der Waals surface area contributed by atoms with Gasteiger partial charge in [0.15, 0.2) is 0 Å². The van der Waals surface area contributed by atoms with Gasteiger partial charge in [0.25, 0.3) is 15.9 Å². The van der Waals surface area contributed by atoms with Crippen molar-refractivity contribution >= 4 is 27.3 Å². The van der Waals surface area contributed by atoms with Crippen LogP contribution in [0.1, 0.15) is 77.9 Å². The average Bonchev–Trinajstić information content (AvgIpc) is 3.78. The van der Waals surface area contributed by atoms with Crippen molar-refractivity contribution in [2.75, 3.05) is 31.1 Å². The number of carbonyl (C=O) groups excluding carboxylic acids is 1. The third kappa shape index (κ3) is 5.18. The van der Waals surface area contributed by atoms with Crippen molar-refractivity contribution in [1.82, 2.24) is 9.88 Å². The maximum atomic E-state index is 13.7. The molecule has 0 N–H and O–H groups in total. The van der Waals surface area contributed by atoms with E-state index in [1.807, 2.05) is 47.6 Å². The number of aryl methyl sites for hydroxylation is 1. The molecule has 212 valence electrons. The molecule has 7 rings (SSSR count). The quantitative estimate of drug-likeness (QED) is 0.400. The first-order chi connectivity index (χ1) is 19.9. The number of hydrogen-bond acceptors (Lipinski definition) is 5. The van der Waals surface area contributed by atoms with Crippen molar-refractivity contribution in [1.29, 1.82) is 0 Å². The molecule has 0 unspecified atom stereocenters. The third-order valence-corrected chi connectivity index (χ3v) is 10.9. The van der Waals surface area contributed by atoms with E-state index in [1.54, 1.807) is 12.1 Å². The minimum atomic E-state index is -3.85. The number of fused-ring (bicyclic) bond motifs is 1. The molecule has 2 aliphatic carbocycles. The Morgan fingerprint density at radius 1 is 0.927 bits per heavy atom. The van der Waals surface area contributed by atoms with E-state index < -0.39 is 10.0 Å². The van der Waals surface area contributed by atoms with Gasteiger partial charge in [0, 0.05) is 55.4 Å². The summed E-state index contributed by atoms with van der Waals surface area (Å²) in [6.45, 7) is 3.52. The number of sulfonamides is 1. The highest BCUT2D eigenvalue weighted by Gasteiger charge is 2.42. The van der Waals surface area contributed by atoms with E-state index in [-0.39, 0.29) is 11.3 Å². The van der Waals surface area contributed by atoms with Crippen LogP contribution in [0.15, 0.2) is 76.3 Å². The highest BCUT2D eigenvalue weighted by atomic mass is 32.2. The van der Waals surface area contributed by atoms with E-state index in [4.69, 9.17) is 0 Å². The second-order valence-corrected chi connectivity index (χ2v) is 13.8. The number of hydrogen-bond donors (Lipinski definition) is 0. The molecule has 3 fully saturated rings. The lowest BCUT2D eigenvalue weighted by Gasteiger charge is -2.40. The fourth-order valence-electron chi connectivity index (χ4n) is 7.01. The predicted octanol–water partition coefficient (Wildman–Crippen LogP) is 5.61. The Balaban J connectivity index is 1.10.